The van der Waals surface area contributed by atoms with Crippen LogP contribution in [-0.2, 0) is 0 Å². The third-order valence-corrected chi connectivity index (χ3v) is 5.71. The van der Waals surface area contributed by atoms with Gasteiger partial charge in [-0.3, -0.25) is 0 Å². The van der Waals surface area contributed by atoms with Crippen LogP contribution in [0, 0.1) is 5.41 Å². The number of nitrogens with one attached hydrogen (secondary N) is 1. The molecule has 0 saturated heterocycles. The summed E-state index contributed by atoms with van der Waals surface area (Å²) in [6.07, 6.45) is 6.95. The highest BCUT2D eigenvalue weighted by molar-refractivity contribution is 9.10. The van der Waals surface area contributed by atoms with Gasteiger partial charge in [-0.2, -0.15) is 0 Å². The molecule has 20 heavy (non-hydrogen) atoms. The molecule has 1 aliphatic carbocycles. The Bertz CT molecular complexity index is 419. The molecule has 2 rings (SSSR count). The summed E-state index contributed by atoms with van der Waals surface area (Å²) in [5, 5.41) is 5.50. The first-order chi connectivity index (χ1) is 9.50. The third-order valence-electron chi connectivity index (χ3n) is 3.96. The number of hydrogen-bond acceptors (Lipinski definition) is 3. The molecule has 1 N–H and O–H groups in total. The van der Waals surface area contributed by atoms with Crippen molar-refractivity contribution in [2.24, 2.45) is 5.41 Å². The molecule has 0 amide bonds. The molecule has 0 aromatic carbocycles. The summed E-state index contributed by atoms with van der Waals surface area (Å²) in [5.74, 6) is 0. The highest BCUT2D eigenvalue weighted by Crippen LogP contribution is 2.42. The molecule has 1 aliphatic rings. The quantitative estimate of drug-likeness (QED) is 0.813. The molecule has 1 aromatic heterocycles. The number of halogens is 1. The molecule has 1 aromatic rings. The van der Waals surface area contributed by atoms with Crippen LogP contribution in [0.25, 0.3) is 0 Å². The monoisotopic (exact) mass is 356 g/mol. The molecular weight excluding hydrogens is 332 g/mol. The molecule has 2 atom stereocenters. The first-order valence-electron chi connectivity index (χ1n) is 7.52. The van der Waals surface area contributed by atoms with Gasteiger partial charge in [0.1, 0.15) is 0 Å². The zero-order chi connectivity index (χ0) is 14.6. The zero-order valence-corrected chi connectivity index (χ0v) is 15.1. The lowest BCUT2D eigenvalue weighted by Crippen LogP contribution is -2.45. The molecule has 0 spiro atoms. The van der Waals surface area contributed by atoms with Gasteiger partial charge in [-0.1, -0.05) is 20.8 Å². The minimum absolute atomic E-state index is 0.456. The summed E-state index contributed by atoms with van der Waals surface area (Å²) in [5.41, 5.74) is 0.456. The van der Waals surface area contributed by atoms with Gasteiger partial charge in [0.15, 0.2) is 0 Å². The Balaban J connectivity index is 2.04. The molecular formula is C16H25BrN2S. The van der Waals surface area contributed by atoms with Gasteiger partial charge in [0.05, 0.1) is 5.03 Å². The SMILES string of the molecule is CCCNC1CCC(C)(C)CC1Sc1ccc(Br)cn1. The second-order valence-corrected chi connectivity index (χ2v) is 8.61. The molecule has 1 saturated carbocycles. The lowest BCUT2D eigenvalue weighted by Gasteiger charge is -2.40. The Morgan fingerprint density at radius 1 is 1.45 bits per heavy atom. The maximum absolute atomic E-state index is 4.52. The van der Waals surface area contributed by atoms with Crippen LogP contribution in [-0.4, -0.2) is 22.8 Å². The predicted octanol–water partition coefficient (Wildman–Crippen LogP) is 4.88. The summed E-state index contributed by atoms with van der Waals surface area (Å²) in [7, 11) is 0. The maximum atomic E-state index is 4.52. The Kier molecular flexibility index (Phi) is 5.94. The molecule has 112 valence electrons. The Morgan fingerprint density at radius 2 is 2.25 bits per heavy atom. The van der Waals surface area contributed by atoms with Gasteiger partial charge in [-0.05, 0) is 65.7 Å². The van der Waals surface area contributed by atoms with Crippen LogP contribution in [0.5, 0.6) is 0 Å². The lowest BCUT2D eigenvalue weighted by molar-refractivity contribution is 0.214. The van der Waals surface area contributed by atoms with E-state index in [1.807, 2.05) is 18.0 Å². The number of thioether (sulfide) groups is 1. The van der Waals surface area contributed by atoms with E-state index in [1.165, 1.54) is 25.7 Å². The van der Waals surface area contributed by atoms with Crippen molar-refractivity contribution >= 4 is 27.7 Å². The summed E-state index contributed by atoms with van der Waals surface area (Å²) < 4.78 is 1.05. The molecule has 0 radical (unpaired) electrons. The smallest absolute Gasteiger partial charge is 0.0963 e. The summed E-state index contributed by atoms with van der Waals surface area (Å²) in [6, 6.07) is 4.82. The lowest BCUT2D eigenvalue weighted by atomic mass is 9.75. The van der Waals surface area contributed by atoms with Crippen LogP contribution in [0.1, 0.15) is 46.5 Å². The standard InChI is InChI=1S/C16H25BrN2S/c1-4-9-18-13-7-8-16(2,3)10-14(13)20-15-6-5-12(17)11-19-15/h5-6,11,13-14,18H,4,7-10H2,1-3H3. The van der Waals surface area contributed by atoms with Crippen molar-refractivity contribution in [1.29, 1.82) is 0 Å². The highest BCUT2D eigenvalue weighted by Gasteiger charge is 2.35. The van der Waals surface area contributed by atoms with Crippen LogP contribution in [0.2, 0.25) is 0 Å². The predicted molar refractivity (Wildman–Crippen MR) is 91.3 cm³/mol. The average molecular weight is 357 g/mol. The third kappa shape index (κ3) is 4.74. The fraction of sp³-hybridized carbons (Fsp3) is 0.688. The number of rotatable bonds is 5. The van der Waals surface area contributed by atoms with E-state index in [1.54, 1.807) is 0 Å². The second kappa shape index (κ2) is 7.28. The first kappa shape index (κ1) is 16.3. The zero-order valence-electron chi connectivity index (χ0n) is 12.7. The van der Waals surface area contributed by atoms with E-state index >= 15 is 0 Å². The molecule has 0 bridgehead atoms. The molecule has 0 aliphatic heterocycles. The average Bonchev–Trinajstić information content (AvgIpc) is 2.40. The van der Waals surface area contributed by atoms with Gasteiger partial charge in [0, 0.05) is 22.0 Å². The van der Waals surface area contributed by atoms with Gasteiger partial charge >= 0.3 is 0 Å². The molecule has 4 heteroatoms. The highest BCUT2D eigenvalue weighted by atomic mass is 79.9. The van der Waals surface area contributed by atoms with E-state index in [0.717, 1.165) is 16.0 Å². The van der Waals surface area contributed by atoms with Crippen molar-refractivity contribution in [2.75, 3.05) is 6.54 Å². The van der Waals surface area contributed by atoms with Crippen LogP contribution in [0.3, 0.4) is 0 Å². The van der Waals surface area contributed by atoms with Crippen LogP contribution in [0.15, 0.2) is 27.8 Å². The Labute approximate surface area is 135 Å². The van der Waals surface area contributed by atoms with Crippen LogP contribution >= 0.6 is 27.7 Å². The largest absolute Gasteiger partial charge is 0.313 e. The van der Waals surface area contributed by atoms with Crippen LogP contribution in [0.4, 0.5) is 0 Å². The second-order valence-electron chi connectivity index (χ2n) is 6.44. The van der Waals surface area contributed by atoms with Gasteiger partial charge < -0.3 is 5.32 Å². The summed E-state index contributed by atoms with van der Waals surface area (Å²) in [4.78, 5) is 4.52. The number of hydrogen-bond donors (Lipinski definition) is 1. The van der Waals surface area contributed by atoms with E-state index in [4.69, 9.17) is 0 Å². The molecule has 2 nitrogen and oxygen atoms in total. The number of aromatic nitrogens is 1. The number of pyridine rings is 1. The van der Waals surface area contributed by atoms with E-state index in [9.17, 15) is 0 Å². The Morgan fingerprint density at radius 3 is 2.90 bits per heavy atom. The van der Waals surface area contributed by atoms with Crippen LogP contribution < -0.4 is 5.32 Å². The van der Waals surface area contributed by atoms with Crippen molar-refractivity contribution in [3.05, 3.63) is 22.8 Å². The summed E-state index contributed by atoms with van der Waals surface area (Å²) in [6.45, 7) is 8.14. The fourth-order valence-electron chi connectivity index (χ4n) is 2.80. The molecule has 1 fully saturated rings. The molecule has 1 heterocycles. The van der Waals surface area contributed by atoms with E-state index in [2.05, 4.69) is 59.1 Å². The van der Waals surface area contributed by atoms with Gasteiger partial charge in [0.2, 0.25) is 0 Å². The maximum Gasteiger partial charge on any atom is 0.0963 e. The van der Waals surface area contributed by atoms with Crippen molar-refractivity contribution in [1.82, 2.24) is 10.3 Å². The van der Waals surface area contributed by atoms with Gasteiger partial charge in [-0.25, -0.2) is 4.98 Å². The van der Waals surface area contributed by atoms with E-state index < -0.39 is 0 Å². The van der Waals surface area contributed by atoms with Gasteiger partial charge in [-0.15, -0.1) is 11.8 Å². The first-order valence-corrected chi connectivity index (χ1v) is 9.19. The molecule has 2 unspecified atom stereocenters. The van der Waals surface area contributed by atoms with Gasteiger partial charge in [0.25, 0.3) is 0 Å². The summed E-state index contributed by atoms with van der Waals surface area (Å²) >= 11 is 5.39. The normalized spacial score (nSPS) is 25.6. The topological polar surface area (TPSA) is 24.9 Å². The van der Waals surface area contributed by atoms with E-state index in [-0.39, 0.29) is 0 Å². The van der Waals surface area contributed by atoms with Crippen molar-refractivity contribution in [2.45, 2.75) is 62.8 Å². The van der Waals surface area contributed by atoms with Crippen molar-refractivity contribution in [3.63, 3.8) is 0 Å². The van der Waals surface area contributed by atoms with Crippen molar-refractivity contribution in [3.8, 4) is 0 Å². The van der Waals surface area contributed by atoms with E-state index in [0.29, 0.717) is 16.7 Å². The minimum Gasteiger partial charge on any atom is -0.313 e. The minimum atomic E-state index is 0.456. The number of nitrogens with zero attached hydrogens (tertiary/aromatic N) is 1. The Hall–Kier alpha value is -0.0600. The fourth-order valence-corrected chi connectivity index (χ4v) is 4.53. The van der Waals surface area contributed by atoms with Crippen molar-refractivity contribution < 1.29 is 0 Å².